The lowest BCUT2D eigenvalue weighted by Gasteiger charge is -2.02. The summed E-state index contributed by atoms with van der Waals surface area (Å²) < 4.78 is 0. The maximum atomic E-state index is 10.5. The van der Waals surface area contributed by atoms with E-state index in [-0.39, 0.29) is 0 Å². The first-order valence-corrected chi connectivity index (χ1v) is 4.83. The fourth-order valence-electron chi connectivity index (χ4n) is 1.54. The van der Waals surface area contributed by atoms with Crippen LogP contribution in [0.5, 0.6) is 0 Å². The first-order chi connectivity index (χ1) is 7.29. The van der Waals surface area contributed by atoms with Gasteiger partial charge in [-0.05, 0) is 24.1 Å². The third-order valence-electron chi connectivity index (χ3n) is 2.41. The summed E-state index contributed by atoms with van der Waals surface area (Å²) in [4.78, 5) is 10.5. The Bertz CT molecular complexity index is 474. The van der Waals surface area contributed by atoms with Gasteiger partial charge in [-0.25, -0.2) is 0 Å². The first-order valence-electron chi connectivity index (χ1n) is 4.83. The fraction of sp³-hybridized carbons (Fsp3) is 0.167. The molecule has 1 N–H and O–H groups in total. The molecule has 0 aliphatic heterocycles. The highest BCUT2D eigenvalue weighted by atomic mass is 16.1. The van der Waals surface area contributed by atoms with Crippen molar-refractivity contribution < 1.29 is 4.79 Å². The molecular formula is C12H12N2O. The third kappa shape index (κ3) is 2.13. The molecule has 0 radical (unpaired) electrons. The number of nitrogens with one attached hydrogen (secondary N) is 1. The van der Waals surface area contributed by atoms with Gasteiger partial charge in [0.05, 0.1) is 0 Å². The van der Waals surface area contributed by atoms with Crippen LogP contribution in [0.4, 0.5) is 0 Å². The topological polar surface area (TPSA) is 45.8 Å². The van der Waals surface area contributed by atoms with E-state index in [1.807, 2.05) is 12.1 Å². The van der Waals surface area contributed by atoms with E-state index in [1.165, 1.54) is 11.1 Å². The number of carbonyl (C=O) groups is 1. The van der Waals surface area contributed by atoms with Crippen LogP contribution in [-0.4, -0.2) is 16.5 Å². The molecule has 0 fully saturated rings. The Hall–Kier alpha value is -1.90. The Morgan fingerprint density at radius 2 is 2.20 bits per heavy atom. The number of rotatable bonds is 3. The quantitative estimate of drug-likeness (QED) is 0.771. The summed E-state index contributed by atoms with van der Waals surface area (Å²) in [5.41, 5.74) is 3.92. The van der Waals surface area contributed by atoms with Gasteiger partial charge in [-0.2, -0.15) is 5.10 Å². The number of hydrogen-bond acceptors (Lipinski definition) is 2. The number of nitrogens with zero attached hydrogens (tertiary/aromatic N) is 1. The summed E-state index contributed by atoms with van der Waals surface area (Å²) in [6.07, 6.45) is 1.53. The number of aromatic nitrogens is 2. The van der Waals surface area contributed by atoms with Crippen LogP contribution in [0.2, 0.25) is 0 Å². The smallest absolute Gasteiger partial charge is 0.170 e. The molecule has 0 spiro atoms. The standard InChI is InChI=1S/C12H12N2O/c1-9-4-2-3-5-10(9)6-11-7-12(8-15)14-13-11/h2-5,7-8H,6H2,1H3,(H,13,14). The number of hydrogen-bond donors (Lipinski definition) is 1. The average molecular weight is 200 g/mol. The lowest BCUT2D eigenvalue weighted by molar-refractivity contribution is 0.111. The largest absolute Gasteiger partial charge is 0.296 e. The normalized spacial score (nSPS) is 10.2. The van der Waals surface area contributed by atoms with Gasteiger partial charge in [0, 0.05) is 12.1 Å². The molecule has 1 aromatic carbocycles. The van der Waals surface area contributed by atoms with Crippen LogP contribution in [0, 0.1) is 6.92 Å². The Morgan fingerprint density at radius 3 is 2.87 bits per heavy atom. The van der Waals surface area contributed by atoms with Crippen molar-refractivity contribution in [1.82, 2.24) is 10.2 Å². The van der Waals surface area contributed by atoms with Crippen molar-refractivity contribution in [3.63, 3.8) is 0 Å². The molecule has 0 saturated heterocycles. The lowest BCUT2D eigenvalue weighted by atomic mass is 10.0. The Balaban J connectivity index is 2.22. The fourth-order valence-corrected chi connectivity index (χ4v) is 1.54. The number of aryl methyl sites for hydroxylation is 1. The summed E-state index contributed by atoms with van der Waals surface area (Å²) in [7, 11) is 0. The molecule has 0 aliphatic rings. The van der Waals surface area contributed by atoms with Crippen molar-refractivity contribution in [3.8, 4) is 0 Å². The second kappa shape index (κ2) is 4.09. The van der Waals surface area contributed by atoms with Crippen molar-refractivity contribution in [2.24, 2.45) is 0 Å². The summed E-state index contributed by atoms with van der Waals surface area (Å²) >= 11 is 0. The van der Waals surface area contributed by atoms with E-state index >= 15 is 0 Å². The molecule has 0 amide bonds. The van der Waals surface area contributed by atoms with Crippen molar-refractivity contribution in [2.75, 3.05) is 0 Å². The minimum absolute atomic E-state index is 0.457. The summed E-state index contributed by atoms with van der Waals surface area (Å²) in [5.74, 6) is 0. The van der Waals surface area contributed by atoms with E-state index in [1.54, 1.807) is 6.07 Å². The average Bonchev–Trinajstić information content (AvgIpc) is 2.69. The van der Waals surface area contributed by atoms with E-state index in [0.29, 0.717) is 5.69 Å². The van der Waals surface area contributed by atoms with Crippen molar-refractivity contribution in [3.05, 3.63) is 52.8 Å². The second-order valence-corrected chi connectivity index (χ2v) is 3.54. The molecule has 0 aliphatic carbocycles. The SMILES string of the molecule is Cc1ccccc1Cc1cc(C=O)n[nH]1. The Morgan fingerprint density at radius 1 is 1.40 bits per heavy atom. The van der Waals surface area contributed by atoms with E-state index < -0.39 is 0 Å². The highest BCUT2D eigenvalue weighted by Gasteiger charge is 2.02. The van der Waals surface area contributed by atoms with Gasteiger partial charge >= 0.3 is 0 Å². The van der Waals surface area contributed by atoms with Crippen molar-refractivity contribution in [1.29, 1.82) is 0 Å². The van der Waals surface area contributed by atoms with Gasteiger partial charge < -0.3 is 0 Å². The lowest BCUT2D eigenvalue weighted by Crippen LogP contribution is -1.91. The molecule has 76 valence electrons. The van der Waals surface area contributed by atoms with E-state index in [2.05, 4.69) is 29.3 Å². The zero-order valence-electron chi connectivity index (χ0n) is 8.53. The van der Waals surface area contributed by atoms with Crippen LogP contribution in [0.1, 0.15) is 27.3 Å². The number of carbonyl (C=O) groups excluding carboxylic acids is 1. The predicted molar refractivity (Wildman–Crippen MR) is 58.0 cm³/mol. The van der Waals surface area contributed by atoms with E-state index in [9.17, 15) is 4.79 Å². The monoisotopic (exact) mass is 200 g/mol. The van der Waals surface area contributed by atoms with Crippen LogP contribution in [0.3, 0.4) is 0 Å². The van der Waals surface area contributed by atoms with Gasteiger partial charge in [0.2, 0.25) is 0 Å². The molecule has 1 aromatic heterocycles. The molecular weight excluding hydrogens is 188 g/mol. The zero-order valence-corrected chi connectivity index (χ0v) is 8.53. The van der Waals surface area contributed by atoms with Gasteiger partial charge in [0.15, 0.2) is 6.29 Å². The summed E-state index contributed by atoms with van der Waals surface area (Å²) in [5, 5.41) is 6.72. The molecule has 1 heterocycles. The van der Waals surface area contributed by atoms with Crippen LogP contribution >= 0.6 is 0 Å². The number of H-pyrrole nitrogens is 1. The minimum Gasteiger partial charge on any atom is -0.296 e. The highest BCUT2D eigenvalue weighted by Crippen LogP contribution is 2.12. The molecule has 3 heteroatoms. The molecule has 3 nitrogen and oxygen atoms in total. The third-order valence-corrected chi connectivity index (χ3v) is 2.41. The van der Waals surface area contributed by atoms with Crippen LogP contribution < -0.4 is 0 Å². The summed E-state index contributed by atoms with van der Waals surface area (Å²) in [6.45, 7) is 2.08. The molecule has 0 atom stereocenters. The van der Waals surface area contributed by atoms with Crippen molar-refractivity contribution in [2.45, 2.75) is 13.3 Å². The minimum atomic E-state index is 0.457. The molecule has 0 saturated carbocycles. The predicted octanol–water partition coefficient (Wildman–Crippen LogP) is 2.12. The molecule has 2 rings (SSSR count). The zero-order chi connectivity index (χ0) is 10.7. The van der Waals surface area contributed by atoms with Gasteiger partial charge in [-0.15, -0.1) is 0 Å². The van der Waals surface area contributed by atoms with Crippen molar-refractivity contribution >= 4 is 6.29 Å². The van der Waals surface area contributed by atoms with E-state index in [4.69, 9.17) is 0 Å². The number of aromatic amines is 1. The van der Waals surface area contributed by atoms with E-state index in [0.717, 1.165) is 18.4 Å². The molecule has 15 heavy (non-hydrogen) atoms. The van der Waals surface area contributed by atoms with Gasteiger partial charge in [-0.1, -0.05) is 24.3 Å². The number of benzene rings is 1. The van der Waals surface area contributed by atoms with Gasteiger partial charge in [-0.3, -0.25) is 9.89 Å². The molecule has 0 unspecified atom stereocenters. The second-order valence-electron chi connectivity index (χ2n) is 3.54. The Kier molecular flexibility index (Phi) is 2.63. The van der Waals surface area contributed by atoms with Crippen LogP contribution in [-0.2, 0) is 6.42 Å². The Labute approximate surface area is 88.1 Å². The maximum Gasteiger partial charge on any atom is 0.170 e. The maximum absolute atomic E-state index is 10.5. The highest BCUT2D eigenvalue weighted by molar-refractivity contribution is 5.71. The molecule has 0 bridgehead atoms. The van der Waals surface area contributed by atoms with Crippen LogP contribution in [0.15, 0.2) is 30.3 Å². The van der Waals surface area contributed by atoms with Gasteiger partial charge in [0.1, 0.15) is 5.69 Å². The number of aldehydes is 1. The summed E-state index contributed by atoms with van der Waals surface area (Å²) in [6, 6.07) is 9.96. The van der Waals surface area contributed by atoms with Crippen LogP contribution in [0.25, 0.3) is 0 Å². The molecule has 2 aromatic rings. The van der Waals surface area contributed by atoms with Gasteiger partial charge in [0.25, 0.3) is 0 Å². The first kappa shape index (κ1) is 9.65.